The zero-order valence-electron chi connectivity index (χ0n) is 19.0. The van der Waals surface area contributed by atoms with Gasteiger partial charge in [-0.05, 0) is 52.7 Å². The molecular weight excluding hydrogens is 470 g/mol. The highest BCUT2D eigenvalue weighted by Gasteiger charge is 2.09. The van der Waals surface area contributed by atoms with E-state index in [-0.39, 0.29) is 12.4 Å². The normalized spacial score (nSPS) is 10.5. The van der Waals surface area contributed by atoms with Gasteiger partial charge >= 0.3 is 0 Å². The molecule has 0 amide bonds. The molecule has 1 N–H and O–H groups in total. The van der Waals surface area contributed by atoms with E-state index in [0.717, 1.165) is 52.3 Å². The number of hydrogen-bond donors (Lipinski definition) is 1. The van der Waals surface area contributed by atoms with Crippen molar-refractivity contribution in [2.75, 3.05) is 18.9 Å². The number of benzene rings is 3. The lowest BCUT2D eigenvalue weighted by atomic mass is 10.2. The van der Waals surface area contributed by atoms with Gasteiger partial charge in [0, 0.05) is 18.8 Å². The van der Waals surface area contributed by atoms with Crippen LogP contribution in [0.15, 0.2) is 84.0 Å². The molecule has 4 aromatic rings. The van der Waals surface area contributed by atoms with E-state index in [1.807, 2.05) is 67.6 Å². The third-order valence-electron chi connectivity index (χ3n) is 4.83. The van der Waals surface area contributed by atoms with E-state index in [4.69, 9.17) is 9.47 Å². The first kappa shape index (κ1) is 25.6. The molecular formula is C25H28ClN5O2S. The minimum Gasteiger partial charge on any atom is -0.490 e. The van der Waals surface area contributed by atoms with Crippen molar-refractivity contribution in [3.63, 3.8) is 0 Å². The summed E-state index contributed by atoms with van der Waals surface area (Å²) in [7, 11) is 0. The molecule has 0 unspecified atom stereocenters. The molecule has 178 valence electrons. The van der Waals surface area contributed by atoms with Gasteiger partial charge in [-0.15, -0.1) is 17.5 Å². The molecule has 0 atom stereocenters. The van der Waals surface area contributed by atoms with Crippen LogP contribution in [0.3, 0.4) is 0 Å². The number of halogens is 1. The summed E-state index contributed by atoms with van der Waals surface area (Å²) in [6.45, 7) is 4.64. The standard InChI is InChI=1S/C25H27N5O2S.ClH/c1-2-31-24-17-21(13-14-23(24)32-19-20-9-5-3-6-10-20)18-26-15-16-33-25-27-28-29-30(25)22-11-7-4-8-12-22;/h3-14,17,26H,2,15-16,18-19H2,1H3;1H. The number of hydrogen-bond acceptors (Lipinski definition) is 7. The molecule has 3 aromatic carbocycles. The summed E-state index contributed by atoms with van der Waals surface area (Å²) in [5.41, 5.74) is 3.22. The Morgan fingerprint density at radius 1 is 0.882 bits per heavy atom. The number of thioether (sulfide) groups is 1. The lowest BCUT2D eigenvalue weighted by Gasteiger charge is -2.14. The van der Waals surface area contributed by atoms with Crippen LogP contribution in [0.4, 0.5) is 0 Å². The number of nitrogens with zero attached hydrogens (tertiary/aromatic N) is 4. The Labute approximate surface area is 210 Å². The van der Waals surface area contributed by atoms with E-state index < -0.39 is 0 Å². The quantitative estimate of drug-likeness (QED) is 0.219. The molecule has 0 spiro atoms. The fraction of sp³-hybridized carbons (Fsp3) is 0.240. The summed E-state index contributed by atoms with van der Waals surface area (Å²) in [6.07, 6.45) is 0. The van der Waals surface area contributed by atoms with Crippen LogP contribution in [0.1, 0.15) is 18.1 Å². The highest BCUT2D eigenvalue weighted by atomic mass is 35.5. The Bertz CT molecular complexity index is 1130. The number of tetrazole rings is 1. The van der Waals surface area contributed by atoms with Crippen LogP contribution in [-0.4, -0.2) is 39.1 Å². The third kappa shape index (κ3) is 7.21. The van der Waals surface area contributed by atoms with Crippen molar-refractivity contribution in [1.82, 2.24) is 25.5 Å². The molecule has 0 bridgehead atoms. The van der Waals surface area contributed by atoms with Crippen molar-refractivity contribution in [2.24, 2.45) is 0 Å². The summed E-state index contributed by atoms with van der Waals surface area (Å²) < 4.78 is 13.6. The van der Waals surface area contributed by atoms with E-state index in [9.17, 15) is 0 Å². The molecule has 7 nitrogen and oxygen atoms in total. The fourth-order valence-electron chi connectivity index (χ4n) is 3.23. The number of rotatable bonds is 12. The Balaban J connectivity index is 0.00000324. The van der Waals surface area contributed by atoms with Crippen LogP contribution >= 0.6 is 24.2 Å². The van der Waals surface area contributed by atoms with Crippen LogP contribution in [-0.2, 0) is 13.2 Å². The highest BCUT2D eigenvalue weighted by molar-refractivity contribution is 7.99. The molecule has 34 heavy (non-hydrogen) atoms. The SMILES string of the molecule is CCOc1cc(CNCCSc2nnnn2-c2ccccc2)ccc1OCc1ccccc1.Cl. The molecule has 0 aliphatic heterocycles. The van der Waals surface area contributed by atoms with E-state index in [1.165, 1.54) is 0 Å². The molecule has 0 aliphatic rings. The van der Waals surface area contributed by atoms with Gasteiger partial charge in [0.05, 0.1) is 12.3 Å². The highest BCUT2D eigenvalue weighted by Crippen LogP contribution is 2.29. The first-order valence-electron chi connectivity index (χ1n) is 10.9. The maximum Gasteiger partial charge on any atom is 0.214 e. The Morgan fingerprint density at radius 3 is 2.41 bits per heavy atom. The van der Waals surface area contributed by atoms with Gasteiger partial charge in [-0.1, -0.05) is 66.4 Å². The van der Waals surface area contributed by atoms with Crippen molar-refractivity contribution in [2.45, 2.75) is 25.2 Å². The van der Waals surface area contributed by atoms with E-state index in [1.54, 1.807) is 16.4 Å². The Hall–Kier alpha value is -3.07. The first-order valence-corrected chi connectivity index (χ1v) is 11.9. The van der Waals surface area contributed by atoms with Gasteiger partial charge in [0.25, 0.3) is 0 Å². The topological polar surface area (TPSA) is 74.1 Å². The smallest absolute Gasteiger partial charge is 0.214 e. The predicted molar refractivity (Wildman–Crippen MR) is 137 cm³/mol. The summed E-state index contributed by atoms with van der Waals surface area (Å²) in [5, 5.41) is 16.3. The van der Waals surface area contributed by atoms with Crippen molar-refractivity contribution in [1.29, 1.82) is 0 Å². The molecule has 1 aromatic heterocycles. The van der Waals surface area contributed by atoms with Crippen molar-refractivity contribution >= 4 is 24.2 Å². The third-order valence-corrected chi connectivity index (χ3v) is 5.75. The minimum atomic E-state index is 0. The molecule has 1 heterocycles. The largest absolute Gasteiger partial charge is 0.490 e. The Kier molecular flexibility index (Phi) is 10.2. The lowest BCUT2D eigenvalue weighted by molar-refractivity contribution is 0.269. The summed E-state index contributed by atoms with van der Waals surface area (Å²) in [6, 6.07) is 26.1. The van der Waals surface area contributed by atoms with Crippen LogP contribution < -0.4 is 14.8 Å². The zero-order valence-corrected chi connectivity index (χ0v) is 20.6. The van der Waals surface area contributed by atoms with Gasteiger partial charge in [0.1, 0.15) is 6.61 Å². The second kappa shape index (κ2) is 13.6. The molecule has 0 aliphatic carbocycles. The first-order chi connectivity index (χ1) is 16.3. The van der Waals surface area contributed by atoms with Crippen LogP contribution in [0.25, 0.3) is 5.69 Å². The van der Waals surface area contributed by atoms with Crippen LogP contribution in [0, 0.1) is 0 Å². The van der Waals surface area contributed by atoms with E-state index in [2.05, 4.69) is 39.0 Å². The van der Waals surface area contributed by atoms with E-state index in [0.29, 0.717) is 13.2 Å². The Morgan fingerprint density at radius 2 is 1.65 bits per heavy atom. The van der Waals surface area contributed by atoms with Crippen LogP contribution in [0.5, 0.6) is 11.5 Å². The summed E-state index contributed by atoms with van der Waals surface area (Å²) in [5.74, 6) is 2.38. The monoisotopic (exact) mass is 497 g/mol. The van der Waals surface area contributed by atoms with Gasteiger partial charge in [-0.2, -0.15) is 4.68 Å². The predicted octanol–water partition coefficient (Wildman–Crippen LogP) is 4.94. The van der Waals surface area contributed by atoms with Gasteiger partial charge in [0.2, 0.25) is 5.16 Å². The number of para-hydroxylation sites is 1. The van der Waals surface area contributed by atoms with Gasteiger partial charge < -0.3 is 14.8 Å². The molecule has 0 saturated carbocycles. The lowest BCUT2D eigenvalue weighted by Crippen LogP contribution is -2.17. The minimum absolute atomic E-state index is 0. The van der Waals surface area contributed by atoms with Crippen molar-refractivity contribution in [3.8, 4) is 17.2 Å². The van der Waals surface area contributed by atoms with Gasteiger partial charge in [-0.3, -0.25) is 0 Å². The summed E-state index contributed by atoms with van der Waals surface area (Å²) in [4.78, 5) is 0. The number of aromatic nitrogens is 4. The zero-order chi connectivity index (χ0) is 22.7. The average Bonchev–Trinajstić information content (AvgIpc) is 3.33. The van der Waals surface area contributed by atoms with Gasteiger partial charge in [-0.25, -0.2) is 0 Å². The van der Waals surface area contributed by atoms with Crippen molar-refractivity contribution < 1.29 is 9.47 Å². The average molecular weight is 498 g/mol. The second-order valence-corrected chi connectivity index (χ2v) is 8.28. The maximum atomic E-state index is 5.99. The second-order valence-electron chi connectivity index (χ2n) is 7.22. The molecule has 4 rings (SSSR count). The fourth-order valence-corrected chi connectivity index (χ4v) is 4.02. The number of ether oxygens (including phenoxy) is 2. The van der Waals surface area contributed by atoms with Gasteiger partial charge in [0.15, 0.2) is 11.5 Å². The molecule has 0 fully saturated rings. The molecule has 0 saturated heterocycles. The van der Waals surface area contributed by atoms with E-state index >= 15 is 0 Å². The van der Waals surface area contributed by atoms with Crippen molar-refractivity contribution in [3.05, 3.63) is 90.0 Å². The number of nitrogens with one attached hydrogen (secondary N) is 1. The van der Waals surface area contributed by atoms with Crippen LogP contribution in [0.2, 0.25) is 0 Å². The summed E-state index contributed by atoms with van der Waals surface area (Å²) >= 11 is 1.62. The molecule has 0 radical (unpaired) electrons. The molecule has 9 heteroatoms. The maximum absolute atomic E-state index is 5.99.